The van der Waals surface area contributed by atoms with Crippen LogP contribution in [0.4, 0.5) is 0 Å². The van der Waals surface area contributed by atoms with Gasteiger partial charge >= 0.3 is 5.97 Å². The molecule has 3 rings (SSSR count). The van der Waals surface area contributed by atoms with Gasteiger partial charge in [0.25, 0.3) is 5.91 Å². The highest BCUT2D eigenvalue weighted by atomic mass is 16.5. The third-order valence-electron chi connectivity index (χ3n) is 4.65. The molecule has 0 bridgehead atoms. The minimum absolute atomic E-state index is 0.292. The Labute approximate surface area is 191 Å². The molecule has 0 atom stereocenters. The fourth-order valence-corrected chi connectivity index (χ4v) is 3.00. The summed E-state index contributed by atoms with van der Waals surface area (Å²) in [7, 11) is 4.43. The monoisotopic (exact) mass is 448 g/mol. The number of benzene rings is 3. The molecule has 0 radical (unpaired) electrons. The minimum atomic E-state index is -0.450. The number of carbonyl (C=O) groups excluding carboxylic acids is 2. The summed E-state index contributed by atoms with van der Waals surface area (Å²) in [6, 6.07) is 17.0. The Morgan fingerprint density at radius 1 is 0.848 bits per heavy atom. The zero-order valence-corrected chi connectivity index (χ0v) is 18.7. The SMILES string of the molecule is COc1cc(C(=O)NN=Cc2ccc(OC(=O)c3cccc(C)c3)cc2)cc(OC)c1OC. The van der Waals surface area contributed by atoms with Crippen molar-refractivity contribution in [1.82, 2.24) is 5.43 Å². The molecule has 0 saturated heterocycles. The second-order valence-corrected chi connectivity index (χ2v) is 6.94. The molecule has 0 saturated carbocycles. The summed E-state index contributed by atoms with van der Waals surface area (Å²) in [6.07, 6.45) is 1.47. The Hall–Kier alpha value is -4.33. The van der Waals surface area contributed by atoms with Crippen molar-refractivity contribution in [3.8, 4) is 23.0 Å². The molecule has 0 aromatic heterocycles. The maximum atomic E-state index is 12.5. The van der Waals surface area contributed by atoms with Gasteiger partial charge in [-0.25, -0.2) is 10.2 Å². The number of hydrogen-bond acceptors (Lipinski definition) is 7. The number of rotatable bonds is 8. The minimum Gasteiger partial charge on any atom is -0.493 e. The van der Waals surface area contributed by atoms with Gasteiger partial charge in [-0.3, -0.25) is 4.79 Å². The van der Waals surface area contributed by atoms with Crippen molar-refractivity contribution in [1.29, 1.82) is 0 Å². The van der Waals surface area contributed by atoms with Crippen LogP contribution < -0.4 is 24.4 Å². The summed E-state index contributed by atoms with van der Waals surface area (Å²) in [6.45, 7) is 1.91. The number of carbonyl (C=O) groups is 2. The number of esters is 1. The molecule has 0 heterocycles. The van der Waals surface area contributed by atoms with E-state index in [9.17, 15) is 9.59 Å². The van der Waals surface area contributed by atoms with Crippen molar-refractivity contribution in [3.63, 3.8) is 0 Å². The number of hydrogen-bond donors (Lipinski definition) is 1. The van der Waals surface area contributed by atoms with Crippen LogP contribution in [0.5, 0.6) is 23.0 Å². The summed E-state index contributed by atoms with van der Waals surface area (Å²) >= 11 is 0. The molecular weight excluding hydrogens is 424 g/mol. The van der Waals surface area contributed by atoms with Crippen molar-refractivity contribution < 1.29 is 28.5 Å². The fraction of sp³-hybridized carbons (Fsp3) is 0.160. The smallest absolute Gasteiger partial charge is 0.343 e. The molecule has 3 aromatic rings. The molecule has 170 valence electrons. The number of amides is 1. The van der Waals surface area contributed by atoms with Gasteiger partial charge in [0.2, 0.25) is 5.75 Å². The van der Waals surface area contributed by atoms with Gasteiger partial charge in [0.1, 0.15) is 5.75 Å². The second-order valence-electron chi connectivity index (χ2n) is 6.94. The summed E-state index contributed by atoms with van der Waals surface area (Å²) in [5.41, 5.74) is 4.91. The van der Waals surface area contributed by atoms with E-state index in [1.807, 2.05) is 13.0 Å². The lowest BCUT2D eigenvalue weighted by atomic mass is 10.1. The molecule has 0 aliphatic carbocycles. The predicted octanol–water partition coefficient (Wildman–Crippen LogP) is 4.00. The fourth-order valence-electron chi connectivity index (χ4n) is 3.00. The van der Waals surface area contributed by atoms with Gasteiger partial charge < -0.3 is 18.9 Å². The van der Waals surface area contributed by atoms with Crippen LogP contribution in [0.25, 0.3) is 0 Å². The largest absolute Gasteiger partial charge is 0.493 e. The maximum absolute atomic E-state index is 12.5. The van der Waals surface area contributed by atoms with E-state index in [4.69, 9.17) is 18.9 Å². The third-order valence-corrected chi connectivity index (χ3v) is 4.65. The summed E-state index contributed by atoms with van der Waals surface area (Å²) in [5, 5.41) is 3.97. The van der Waals surface area contributed by atoms with E-state index in [0.717, 1.165) is 5.56 Å². The Morgan fingerprint density at radius 3 is 2.09 bits per heavy atom. The van der Waals surface area contributed by atoms with E-state index in [0.29, 0.717) is 39.7 Å². The lowest BCUT2D eigenvalue weighted by molar-refractivity contribution is 0.0734. The molecule has 0 spiro atoms. The van der Waals surface area contributed by atoms with E-state index in [2.05, 4.69) is 10.5 Å². The topological polar surface area (TPSA) is 95.5 Å². The van der Waals surface area contributed by atoms with Crippen LogP contribution in [-0.2, 0) is 0 Å². The van der Waals surface area contributed by atoms with Crippen LogP contribution >= 0.6 is 0 Å². The van der Waals surface area contributed by atoms with Crippen molar-refractivity contribution in [2.24, 2.45) is 5.10 Å². The molecule has 33 heavy (non-hydrogen) atoms. The normalized spacial score (nSPS) is 10.5. The molecule has 0 fully saturated rings. The third kappa shape index (κ3) is 5.88. The predicted molar refractivity (Wildman–Crippen MR) is 124 cm³/mol. The van der Waals surface area contributed by atoms with Crippen molar-refractivity contribution >= 4 is 18.1 Å². The summed E-state index contributed by atoms with van der Waals surface area (Å²) in [5.74, 6) is 0.638. The van der Waals surface area contributed by atoms with E-state index in [1.165, 1.54) is 39.7 Å². The van der Waals surface area contributed by atoms with Crippen molar-refractivity contribution in [2.45, 2.75) is 6.92 Å². The molecule has 0 aliphatic heterocycles. The summed E-state index contributed by atoms with van der Waals surface area (Å²) in [4.78, 5) is 24.7. The van der Waals surface area contributed by atoms with Gasteiger partial charge in [0, 0.05) is 5.56 Å². The highest BCUT2D eigenvalue weighted by molar-refractivity contribution is 5.96. The average Bonchev–Trinajstić information content (AvgIpc) is 2.83. The molecule has 1 amide bonds. The zero-order chi connectivity index (χ0) is 23.8. The van der Waals surface area contributed by atoms with Gasteiger partial charge in [-0.15, -0.1) is 0 Å². The van der Waals surface area contributed by atoms with Gasteiger partial charge in [-0.1, -0.05) is 17.7 Å². The number of hydrazone groups is 1. The molecule has 8 heteroatoms. The highest BCUT2D eigenvalue weighted by Gasteiger charge is 2.16. The van der Waals surface area contributed by atoms with E-state index >= 15 is 0 Å². The van der Waals surface area contributed by atoms with Gasteiger partial charge in [-0.05, 0) is 61.0 Å². The van der Waals surface area contributed by atoms with Crippen LogP contribution in [0.3, 0.4) is 0 Å². The van der Waals surface area contributed by atoms with Gasteiger partial charge in [-0.2, -0.15) is 5.10 Å². The Morgan fingerprint density at radius 2 is 1.52 bits per heavy atom. The Bertz CT molecular complexity index is 1150. The molecule has 0 unspecified atom stereocenters. The van der Waals surface area contributed by atoms with Crippen LogP contribution in [-0.4, -0.2) is 39.4 Å². The van der Waals surface area contributed by atoms with E-state index in [1.54, 1.807) is 42.5 Å². The summed E-state index contributed by atoms with van der Waals surface area (Å²) < 4.78 is 21.2. The first-order valence-electron chi connectivity index (χ1n) is 9.97. The van der Waals surface area contributed by atoms with Gasteiger partial charge in [0.15, 0.2) is 11.5 Å². The first-order chi connectivity index (χ1) is 15.9. The van der Waals surface area contributed by atoms with Crippen LogP contribution in [0.1, 0.15) is 31.8 Å². The number of nitrogens with zero attached hydrogens (tertiary/aromatic N) is 1. The number of nitrogens with one attached hydrogen (secondary N) is 1. The zero-order valence-electron chi connectivity index (χ0n) is 18.7. The van der Waals surface area contributed by atoms with Crippen molar-refractivity contribution in [2.75, 3.05) is 21.3 Å². The average molecular weight is 448 g/mol. The van der Waals surface area contributed by atoms with Crippen molar-refractivity contribution in [3.05, 3.63) is 82.9 Å². The molecular formula is C25H24N2O6. The Balaban J connectivity index is 1.62. The van der Waals surface area contributed by atoms with Gasteiger partial charge in [0.05, 0.1) is 33.1 Å². The second kappa shape index (κ2) is 10.8. The molecule has 3 aromatic carbocycles. The lowest BCUT2D eigenvalue weighted by Crippen LogP contribution is -2.18. The first-order valence-corrected chi connectivity index (χ1v) is 9.97. The Kier molecular flexibility index (Phi) is 7.64. The molecule has 1 N–H and O–H groups in total. The van der Waals surface area contributed by atoms with E-state index in [-0.39, 0.29) is 0 Å². The van der Waals surface area contributed by atoms with Crippen LogP contribution in [0.2, 0.25) is 0 Å². The maximum Gasteiger partial charge on any atom is 0.343 e. The number of ether oxygens (including phenoxy) is 4. The standard InChI is InChI=1S/C25H24N2O6/c1-16-6-5-7-18(12-16)25(29)33-20-10-8-17(9-11-20)15-26-27-24(28)19-13-21(30-2)23(32-4)22(14-19)31-3/h5-15H,1-4H3,(H,27,28). The lowest BCUT2D eigenvalue weighted by Gasteiger charge is -2.13. The van der Waals surface area contributed by atoms with Crippen LogP contribution in [0, 0.1) is 6.92 Å². The number of methoxy groups -OCH3 is 3. The highest BCUT2D eigenvalue weighted by Crippen LogP contribution is 2.38. The quantitative estimate of drug-likeness (QED) is 0.242. The first kappa shape index (κ1) is 23.3. The number of aryl methyl sites for hydroxylation is 1. The van der Waals surface area contributed by atoms with Crippen LogP contribution in [0.15, 0.2) is 65.8 Å². The van der Waals surface area contributed by atoms with E-state index < -0.39 is 11.9 Å². The molecule has 8 nitrogen and oxygen atoms in total. The molecule has 0 aliphatic rings.